The maximum atomic E-state index is 13.0. The quantitative estimate of drug-likeness (QED) is 0.934. The van der Waals surface area contributed by atoms with Crippen LogP contribution >= 0.6 is 0 Å². The summed E-state index contributed by atoms with van der Waals surface area (Å²) >= 11 is 0. The predicted octanol–water partition coefficient (Wildman–Crippen LogP) is 1.99. The van der Waals surface area contributed by atoms with Crippen molar-refractivity contribution in [2.24, 2.45) is 0 Å². The highest BCUT2D eigenvalue weighted by Crippen LogP contribution is 2.33. The number of carboxylic acid groups (broad SMARTS) is 1. The van der Waals surface area contributed by atoms with Crippen LogP contribution in [0, 0.1) is 0 Å². The zero-order valence-corrected chi connectivity index (χ0v) is 10.0. The molecule has 0 bridgehead atoms. The molecule has 0 aromatic carbocycles. The minimum atomic E-state index is -4.88. The van der Waals surface area contributed by atoms with Crippen molar-refractivity contribution in [3.05, 3.63) is 35.7 Å². The number of hydrogen-bond donors (Lipinski definition) is 1. The number of halogens is 3. The van der Waals surface area contributed by atoms with Gasteiger partial charge in [-0.25, -0.2) is 9.48 Å². The van der Waals surface area contributed by atoms with Crippen molar-refractivity contribution in [1.82, 2.24) is 14.8 Å². The fourth-order valence-electron chi connectivity index (χ4n) is 1.59. The molecular weight excluding hydrogens is 279 g/mol. The third-order valence-corrected chi connectivity index (χ3v) is 2.40. The Bertz CT molecular complexity index is 652. The highest BCUT2D eigenvalue weighted by molar-refractivity contribution is 5.89. The summed E-state index contributed by atoms with van der Waals surface area (Å²) < 4.78 is 44.2. The van der Waals surface area contributed by atoms with E-state index in [9.17, 15) is 18.0 Å². The number of rotatable bonds is 3. The topological polar surface area (TPSA) is 77.2 Å². The first-order valence-corrected chi connectivity index (χ1v) is 5.24. The van der Waals surface area contributed by atoms with Crippen LogP contribution in [0.4, 0.5) is 13.2 Å². The maximum Gasteiger partial charge on any atom is 0.434 e. The van der Waals surface area contributed by atoms with Crippen molar-refractivity contribution >= 4 is 5.97 Å². The molecule has 0 unspecified atom stereocenters. The number of carboxylic acids is 1. The standard InChI is InChI=1S/C11H8F3N3O3/c1-20-8-4-2-3-7(16-8)17-9(11(12,13)14)6(5-15-17)10(18)19/h2-5H,1H3,(H,18,19). The molecular formula is C11H8F3N3O3. The molecule has 20 heavy (non-hydrogen) atoms. The van der Waals surface area contributed by atoms with Crippen LogP contribution in [0.1, 0.15) is 16.1 Å². The number of hydrogen-bond acceptors (Lipinski definition) is 4. The Morgan fingerprint density at radius 3 is 2.65 bits per heavy atom. The molecule has 2 aromatic rings. The van der Waals surface area contributed by atoms with Crippen molar-refractivity contribution in [2.75, 3.05) is 7.11 Å². The van der Waals surface area contributed by atoms with Gasteiger partial charge in [-0.1, -0.05) is 6.07 Å². The van der Waals surface area contributed by atoms with Gasteiger partial charge in [0.15, 0.2) is 11.5 Å². The second-order valence-corrected chi connectivity index (χ2v) is 3.66. The van der Waals surface area contributed by atoms with Crippen LogP contribution in [0.15, 0.2) is 24.4 Å². The fraction of sp³-hybridized carbons (Fsp3) is 0.182. The average molecular weight is 287 g/mol. The van der Waals surface area contributed by atoms with E-state index < -0.39 is 23.4 Å². The van der Waals surface area contributed by atoms with E-state index in [0.717, 1.165) is 0 Å². The van der Waals surface area contributed by atoms with Crippen molar-refractivity contribution in [2.45, 2.75) is 6.18 Å². The van der Waals surface area contributed by atoms with Gasteiger partial charge in [0.05, 0.1) is 13.3 Å². The van der Waals surface area contributed by atoms with E-state index in [1.54, 1.807) is 0 Å². The second kappa shape index (κ2) is 4.83. The molecule has 0 spiro atoms. The van der Waals surface area contributed by atoms with E-state index in [0.29, 0.717) is 10.9 Å². The monoisotopic (exact) mass is 287 g/mol. The molecule has 106 valence electrons. The minimum Gasteiger partial charge on any atom is -0.481 e. The fourth-order valence-corrected chi connectivity index (χ4v) is 1.59. The van der Waals surface area contributed by atoms with Crippen LogP contribution in [0.3, 0.4) is 0 Å². The van der Waals surface area contributed by atoms with E-state index in [1.165, 1.54) is 25.3 Å². The Hall–Kier alpha value is -2.58. The first kappa shape index (κ1) is 13.8. The molecule has 2 heterocycles. The highest BCUT2D eigenvalue weighted by Gasteiger charge is 2.40. The summed E-state index contributed by atoms with van der Waals surface area (Å²) in [6, 6.07) is 4.12. The summed E-state index contributed by atoms with van der Waals surface area (Å²) in [6.45, 7) is 0. The Morgan fingerprint density at radius 2 is 2.10 bits per heavy atom. The highest BCUT2D eigenvalue weighted by atomic mass is 19.4. The maximum absolute atomic E-state index is 13.0. The number of nitrogens with zero attached hydrogens (tertiary/aromatic N) is 3. The van der Waals surface area contributed by atoms with Crippen molar-refractivity contribution in [1.29, 1.82) is 0 Å². The molecule has 0 aliphatic heterocycles. The summed E-state index contributed by atoms with van der Waals surface area (Å²) in [5, 5.41) is 12.2. The van der Waals surface area contributed by atoms with Gasteiger partial charge in [-0.05, 0) is 6.07 Å². The number of alkyl halides is 3. The van der Waals surface area contributed by atoms with Crippen molar-refractivity contribution in [3.8, 4) is 11.7 Å². The van der Waals surface area contributed by atoms with Gasteiger partial charge in [0.25, 0.3) is 0 Å². The van der Waals surface area contributed by atoms with Gasteiger partial charge < -0.3 is 9.84 Å². The summed E-state index contributed by atoms with van der Waals surface area (Å²) in [6.07, 6.45) is -4.25. The predicted molar refractivity (Wildman–Crippen MR) is 59.9 cm³/mol. The lowest BCUT2D eigenvalue weighted by Crippen LogP contribution is -2.18. The zero-order valence-electron chi connectivity index (χ0n) is 10.0. The van der Waals surface area contributed by atoms with Crippen molar-refractivity contribution < 1.29 is 27.8 Å². The van der Waals surface area contributed by atoms with Gasteiger partial charge in [-0.2, -0.15) is 23.3 Å². The molecule has 0 radical (unpaired) electrons. The van der Waals surface area contributed by atoms with E-state index >= 15 is 0 Å². The molecule has 9 heteroatoms. The molecule has 0 amide bonds. The molecule has 0 fully saturated rings. The summed E-state index contributed by atoms with van der Waals surface area (Å²) in [5.74, 6) is -1.82. The van der Waals surface area contributed by atoms with E-state index in [-0.39, 0.29) is 11.7 Å². The normalized spacial score (nSPS) is 11.4. The lowest BCUT2D eigenvalue weighted by molar-refractivity contribution is -0.143. The zero-order chi connectivity index (χ0) is 14.9. The van der Waals surface area contributed by atoms with Crippen LogP contribution in [-0.2, 0) is 6.18 Å². The SMILES string of the molecule is COc1cccc(-n2ncc(C(=O)O)c2C(F)(F)F)n1. The Kier molecular flexibility index (Phi) is 3.35. The minimum absolute atomic E-state index is 0.0861. The molecule has 0 aliphatic carbocycles. The van der Waals surface area contributed by atoms with Crippen LogP contribution in [-0.4, -0.2) is 33.0 Å². The lowest BCUT2D eigenvalue weighted by Gasteiger charge is -2.11. The van der Waals surface area contributed by atoms with Gasteiger partial charge >= 0.3 is 12.1 Å². The number of ether oxygens (including phenoxy) is 1. The van der Waals surface area contributed by atoms with Crippen LogP contribution in [0.5, 0.6) is 5.88 Å². The Balaban J connectivity index is 2.65. The molecule has 0 saturated heterocycles. The van der Waals surface area contributed by atoms with Gasteiger partial charge in [0, 0.05) is 6.07 Å². The van der Waals surface area contributed by atoms with E-state index in [4.69, 9.17) is 9.84 Å². The third kappa shape index (κ3) is 2.42. The Morgan fingerprint density at radius 1 is 1.40 bits per heavy atom. The molecule has 2 rings (SSSR count). The van der Waals surface area contributed by atoms with Gasteiger partial charge in [0.2, 0.25) is 5.88 Å². The van der Waals surface area contributed by atoms with Crippen LogP contribution in [0.2, 0.25) is 0 Å². The van der Waals surface area contributed by atoms with Crippen LogP contribution < -0.4 is 4.74 Å². The van der Waals surface area contributed by atoms with E-state index in [1.807, 2.05) is 0 Å². The average Bonchev–Trinajstić information content (AvgIpc) is 2.83. The summed E-state index contributed by atoms with van der Waals surface area (Å²) in [5.41, 5.74) is -2.34. The van der Waals surface area contributed by atoms with E-state index in [2.05, 4.69) is 10.1 Å². The lowest BCUT2D eigenvalue weighted by atomic mass is 10.2. The number of pyridine rings is 1. The Labute approximate surface area is 110 Å². The smallest absolute Gasteiger partial charge is 0.434 e. The van der Waals surface area contributed by atoms with Gasteiger partial charge in [-0.3, -0.25) is 0 Å². The van der Waals surface area contributed by atoms with Crippen LogP contribution in [0.25, 0.3) is 5.82 Å². The number of carbonyl (C=O) groups is 1. The molecule has 0 aliphatic rings. The molecule has 6 nitrogen and oxygen atoms in total. The molecule has 1 N–H and O–H groups in total. The molecule has 0 saturated carbocycles. The first-order chi connectivity index (χ1) is 9.34. The summed E-state index contributed by atoms with van der Waals surface area (Å²) in [7, 11) is 1.31. The molecule has 2 aromatic heterocycles. The number of aromatic nitrogens is 3. The first-order valence-electron chi connectivity index (χ1n) is 5.24. The summed E-state index contributed by atoms with van der Waals surface area (Å²) in [4.78, 5) is 14.6. The van der Waals surface area contributed by atoms with Crippen molar-refractivity contribution in [3.63, 3.8) is 0 Å². The largest absolute Gasteiger partial charge is 0.481 e. The number of aromatic carboxylic acids is 1. The molecule has 0 atom stereocenters. The van der Waals surface area contributed by atoms with Gasteiger partial charge in [-0.15, -0.1) is 0 Å². The van der Waals surface area contributed by atoms with Gasteiger partial charge in [0.1, 0.15) is 5.56 Å². The third-order valence-electron chi connectivity index (χ3n) is 2.40. The number of methoxy groups -OCH3 is 1. The second-order valence-electron chi connectivity index (χ2n) is 3.66.